The zero-order valence-corrected chi connectivity index (χ0v) is 8.56. The molecule has 5 heteroatoms. The van der Waals surface area contributed by atoms with E-state index in [0.29, 0.717) is 6.42 Å². The summed E-state index contributed by atoms with van der Waals surface area (Å²) < 4.78 is 0. The maximum Gasteiger partial charge on any atom is 0.139 e. The summed E-state index contributed by atoms with van der Waals surface area (Å²) in [4.78, 5) is 3.94. The molecule has 0 aliphatic carbocycles. The van der Waals surface area contributed by atoms with Gasteiger partial charge in [-0.05, 0) is 30.7 Å². The van der Waals surface area contributed by atoms with Crippen LogP contribution in [0.15, 0.2) is 29.7 Å². The van der Waals surface area contributed by atoms with Crippen molar-refractivity contribution in [2.45, 2.75) is 19.4 Å². The van der Waals surface area contributed by atoms with Gasteiger partial charge in [0.25, 0.3) is 0 Å². The quantitative estimate of drug-likeness (QED) is 0.211. The number of hydrogen-bond acceptors (Lipinski definition) is 4. The van der Waals surface area contributed by atoms with Crippen molar-refractivity contribution in [2.24, 2.45) is 10.9 Å². The second-order valence-corrected chi connectivity index (χ2v) is 3.23. The highest BCUT2D eigenvalue weighted by molar-refractivity contribution is 5.79. The van der Waals surface area contributed by atoms with Crippen LogP contribution in [0.25, 0.3) is 0 Å². The fraction of sp³-hybridized carbons (Fsp3) is 0.400. The Labute approximate surface area is 89.0 Å². The van der Waals surface area contributed by atoms with Gasteiger partial charge in [0.2, 0.25) is 0 Å². The molecule has 0 amide bonds. The van der Waals surface area contributed by atoms with Gasteiger partial charge in [0.15, 0.2) is 0 Å². The molecule has 1 aromatic heterocycles. The summed E-state index contributed by atoms with van der Waals surface area (Å²) in [5.74, 6) is 0.278. The third-order valence-electron chi connectivity index (χ3n) is 1.99. The number of aromatic nitrogens is 1. The van der Waals surface area contributed by atoms with E-state index in [4.69, 9.17) is 10.9 Å². The van der Waals surface area contributed by atoms with Crippen LogP contribution in [-0.2, 0) is 6.54 Å². The van der Waals surface area contributed by atoms with Crippen molar-refractivity contribution < 1.29 is 5.21 Å². The molecule has 0 saturated carbocycles. The Morgan fingerprint density at radius 2 is 2.20 bits per heavy atom. The van der Waals surface area contributed by atoms with Crippen molar-refractivity contribution >= 4 is 5.84 Å². The van der Waals surface area contributed by atoms with Crippen LogP contribution in [0.1, 0.15) is 18.4 Å². The Balaban J connectivity index is 2.08. The van der Waals surface area contributed by atoms with Gasteiger partial charge < -0.3 is 16.3 Å². The van der Waals surface area contributed by atoms with Gasteiger partial charge >= 0.3 is 0 Å². The van der Waals surface area contributed by atoms with Crippen LogP contribution in [0.5, 0.6) is 0 Å². The van der Waals surface area contributed by atoms with Gasteiger partial charge in [-0.15, -0.1) is 0 Å². The molecule has 15 heavy (non-hydrogen) atoms. The lowest BCUT2D eigenvalue weighted by atomic mass is 10.2. The Bertz CT molecular complexity index is 300. The highest BCUT2D eigenvalue weighted by Crippen LogP contribution is 1.95. The number of nitrogens with two attached hydrogens (primary N) is 1. The Morgan fingerprint density at radius 3 is 2.87 bits per heavy atom. The first kappa shape index (κ1) is 11.5. The lowest BCUT2D eigenvalue weighted by molar-refractivity contribution is 0.316. The van der Waals surface area contributed by atoms with Crippen molar-refractivity contribution in [1.29, 1.82) is 0 Å². The first-order valence-corrected chi connectivity index (χ1v) is 4.89. The second kappa shape index (κ2) is 6.78. The highest BCUT2D eigenvalue weighted by atomic mass is 16.4. The fourth-order valence-corrected chi connectivity index (χ4v) is 1.18. The zero-order valence-electron chi connectivity index (χ0n) is 8.56. The van der Waals surface area contributed by atoms with E-state index in [9.17, 15) is 0 Å². The normalized spacial score (nSPS) is 11.6. The van der Waals surface area contributed by atoms with Crippen LogP contribution < -0.4 is 11.1 Å². The molecule has 0 aliphatic rings. The molecule has 0 saturated heterocycles. The average molecular weight is 208 g/mol. The molecule has 0 aromatic carbocycles. The molecular weight excluding hydrogens is 192 g/mol. The average Bonchev–Trinajstić information content (AvgIpc) is 2.29. The lowest BCUT2D eigenvalue weighted by Crippen LogP contribution is -2.18. The largest absolute Gasteiger partial charge is 0.409 e. The fourth-order valence-electron chi connectivity index (χ4n) is 1.18. The van der Waals surface area contributed by atoms with Crippen molar-refractivity contribution in [3.8, 4) is 0 Å². The SMILES string of the molecule is NC(CCCNCc1ccncc1)=NO. The van der Waals surface area contributed by atoms with E-state index in [0.717, 1.165) is 19.5 Å². The van der Waals surface area contributed by atoms with E-state index in [1.165, 1.54) is 5.56 Å². The van der Waals surface area contributed by atoms with Gasteiger partial charge in [0.05, 0.1) is 0 Å². The summed E-state index contributed by atoms with van der Waals surface area (Å²) in [7, 11) is 0. The molecule has 1 heterocycles. The maximum absolute atomic E-state index is 8.30. The number of hydrogen-bond donors (Lipinski definition) is 3. The maximum atomic E-state index is 8.30. The first-order chi connectivity index (χ1) is 7.33. The number of amidine groups is 1. The standard InChI is InChI=1S/C10H16N4O/c11-10(14-15)2-1-5-13-8-9-3-6-12-7-4-9/h3-4,6-7,13,15H,1-2,5,8H2,(H2,11,14). The minimum Gasteiger partial charge on any atom is -0.409 e. The molecule has 0 aliphatic heterocycles. The predicted octanol–water partition coefficient (Wildman–Crippen LogP) is 0.698. The molecule has 0 spiro atoms. The first-order valence-electron chi connectivity index (χ1n) is 4.89. The van der Waals surface area contributed by atoms with E-state index in [-0.39, 0.29) is 5.84 Å². The molecule has 0 radical (unpaired) electrons. The summed E-state index contributed by atoms with van der Waals surface area (Å²) in [6.45, 7) is 1.66. The summed E-state index contributed by atoms with van der Waals surface area (Å²) in [5, 5.41) is 14.5. The number of oxime groups is 1. The third-order valence-corrected chi connectivity index (χ3v) is 1.99. The summed E-state index contributed by atoms with van der Waals surface area (Å²) in [5.41, 5.74) is 6.53. The zero-order chi connectivity index (χ0) is 10.9. The van der Waals surface area contributed by atoms with E-state index >= 15 is 0 Å². The summed E-state index contributed by atoms with van der Waals surface area (Å²) in [6.07, 6.45) is 5.02. The van der Waals surface area contributed by atoms with Crippen LogP contribution >= 0.6 is 0 Å². The second-order valence-electron chi connectivity index (χ2n) is 3.23. The van der Waals surface area contributed by atoms with Crippen molar-refractivity contribution in [3.05, 3.63) is 30.1 Å². The molecule has 0 atom stereocenters. The molecule has 0 fully saturated rings. The molecule has 5 nitrogen and oxygen atoms in total. The lowest BCUT2D eigenvalue weighted by Gasteiger charge is -2.03. The summed E-state index contributed by atoms with van der Waals surface area (Å²) in [6, 6.07) is 3.94. The number of rotatable bonds is 6. The Hall–Kier alpha value is -1.62. The minimum atomic E-state index is 0.278. The number of pyridine rings is 1. The van der Waals surface area contributed by atoms with Gasteiger partial charge in [0, 0.05) is 25.4 Å². The number of nitrogens with one attached hydrogen (secondary N) is 1. The highest BCUT2D eigenvalue weighted by Gasteiger charge is 1.94. The van der Waals surface area contributed by atoms with Crippen LogP contribution in [0.2, 0.25) is 0 Å². The van der Waals surface area contributed by atoms with Gasteiger partial charge in [-0.2, -0.15) is 0 Å². The van der Waals surface area contributed by atoms with Crippen molar-refractivity contribution in [2.75, 3.05) is 6.54 Å². The molecule has 0 bridgehead atoms. The van der Waals surface area contributed by atoms with Gasteiger partial charge in [-0.25, -0.2) is 0 Å². The Morgan fingerprint density at radius 1 is 1.47 bits per heavy atom. The minimum absolute atomic E-state index is 0.278. The van der Waals surface area contributed by atoms with E-state index in [2.05, 4.69) is 15.5 Å². The smallest absolute Gasteiger partial charge is 0.139 e. The van der Waals surface area contributed by atoms with Gasteiger partial charge in [0.1, 0.15) is 5.84 Å². The van der Waals surface area contributed by atoms with Gasteiger partial charge in [-0.3, -0.25) is 4.98 Å². The van der Waals surface area contributed by atoms with E-state index in [1.807, 2.05) is 12.1 Å². The van der Waals surface area contributed by atoms with E-state index < -0.39 is 0 Å². The Kier molecular flexibility index (Phi) is 5.18. The van der Waals surface area contributed by atoms with Crippen LogP contribution in [0, 0.1) is 0 Å². The molecule has 82 valence electrons. The third kappa shape index (κ3) is 4.97. The molecule has 4 N–H and O–H groups in total. The number of nitrogens with zero attached hydrogens (tertiary/aromatic N) is 2. The van der Waals surface area contributed by atoms with Crippen LogP contribution in [0.4, 0.5) is 0 Å². The van der Waals surface area contributed by atoms with Crippen LogP contribution in [-0.4, -0.2) is 22.6 Å². The van der Waals surface area contributed by atoms with Crippen molar-refractivity contribution in [1.82, 2.24) is 10.3 Å². The van der Waals surface area contributed by atoms with Crippen LogP contribution in [0.3, 0.4) is 0 Å². The topological polar surface area (TPSA) is 83.5 Å². The van der Waals surface area contributed by atoms with Gasteiger partial charge in [-0.1, -0.05) is 5.16 Å². The molecule has 1 rings (SSSR count). The van der Waals surface area contributed by atoms with Crippen molar-refractivity contribution in [3.63, 3.8) is 0 Å². The molecular formula is C10H16N4O. The molecule has 0 unspecified atom stereocenters. The predicted molar refractivity (Wildman–Crippen MR) is 58.6 cm³/mol. The molecule has 1 aromatic rings. The monoisotopic (exact) mass is 208 g/mol. The van der Waals surface area contributed by atoms with E-state index in [1.54, 1.807) is 12.4 Å². The summed E-state index contributed by atoms with van der Waals surface area (Å²) >= 11 is 0.